The summed E-state index contributed by atoms with van der Waals surface area (Å²) in [5, 5.41) is 23.7. The molecule has 3 aromatic rings. The summed E-state index contributed by atoms with van der Waals surface area (Å²) in [6.07, 6.45) is 0.661. The molecule has 6 heteroatoms. The molecule has 2 N–H and O–H groups in total. The van der Waals surface area contributed by atoms with Gasteiger partial charge in [-0.3, -0.25) is 5.32 Å². The van der Waals surface area contributed by atoms with Crippen LogP contribution >= 0.6 is 0 Å². The first-order valence-electron chi connectivity index (χ1n) is 11.5. The van der Waals surface area contributed by atoms with Crippen LogP contribution in [0.3, 0.4) is 0 Å². The molecular weight excluding hydrogens is 461 g/mol. The minimum absolute atomic E-state index is 0.265. The Morgan fingerprint density at radius 3 is 2.31 bits per heavy atom. The molecule has 2 unspecified atom stereocenters. The Bertz CT molecular complexity index is 1340. The number of hydrogen-bond acceptors (Lipinski definition) is 3. The van der Waals surface area contributed by atoms with Gasteiger partial charge >= 0.3 is 6.18 Å². The molecule has 1 aliphatic carbocycles. The second-order valence-electron chi connectivity index (χ2n) is 8.74. The Labute approximate surface area is 208 Å². The van der Waals surface area contributed by atoms with Crippen LogP contribution in [0.1, 0.15) is 40.5 Å². The number of allylic oxidation sites excluding steroid dienone is 3. The van der Waals surface area contributed by atoms with Crippen LogP contribution in [-0.2, 0) is 18.1 Å². The van der Waals surface area contributed by atoms with Crippen molar-refractivity contribution in [3.8, 4) is 6.07 Å². The van der Waals surface area contributed by atoms with Crippen molar-refractivity contribution in [2.24, 2.45) is 0 Å². The van der Waals surface area contributed by atoms with Gasteiger partial charge in [-0.1, -0.05) is 79.4 Å². The molecule has 36 heavy (non-hydrogen) atoms. The molecule has 0 saturated carbocycles. The van der Waals surface area contributed by atoms with Crippen molar-refractivity contribution in [2.75, 3.05) is 0 Å². The first kappa shape index (κ1) is 25.2. The maximum absolute atomic E-state index is 13.8. The highest BCUT2D eigenvalue weighted by Gasteiger charge is 2.41. The van der Waals surface area contributed by atoms with Crippen LogP contribution in [0.5, 0.6) is 0 Å². The van der Waals surface area contributed by atoms with Crippen molar-refractivity contribution < 1.29 is 18.3 Å². The summed E-state index contributed by atoms with van der Waals surface area (Å²) in [4.78, 5) is 0. The summed E-state index contributed by atoms with van der Waals surface area (Å²) in [5.41, 5.74) is 1.58. The molecule has 0 bridgehead atoms. The second kappa shape index (κ2) is 10.4. The van der Waals surface area contributed by atoms with Crippen molar-refractivity contribution in [2.45, 2.75) is 30.8 Å². The molecule has 0 heterocycles. The van der Waals surface area contributed by atoms with Gasteiger partial charge in [-0.05, 0) is 64.9 Å². The zero-order chi connectivity index (χ0) is 25.8. The molecule has 182 valence electrons. The predicted molar refractivity (Wildman–Crippen MR) is 134 cm³/mol. The maximum atomic E-state index is 13.8. The van der Waals surface area contributed by atoms with Crippen LogP contribution in [0.4, 0.5) is 13.2 Å². The van der Waals surface area contributed by atoms with E-state index >= 15 is 0 Å². The zero-order valence-electron chi connectivity index (χ0n) is 19.5. The fourth-order valence-corrected chi connectivity index (χ4v) is 4.53. The van der Waals surface area contributed by atoms with Crippen molar-refractivity contribution >= 4 is 0 Å². The highest BCUT2D eigenvalue weighted by atomic mass is 19.4. The van der Waals surface area contributed by atoms with E-state index in [1.807, 2.05) is 54.6 Å². The first-order valence-corrected chi connectivity index (χ1v) is 11.5. The molecule has 3 aromatic carbocycles. The zero-order valence-corrected chi connectivity index (χ0v) is 19.5. The van der Waals surface area contributed by atoms with Gasteiger partial charge in [0.2, 0.25) is 0 Å². The average molecular weight is 487 g/mol. The third-order valence-corrected chi connectivity index (χ3v) is 6.34. The predicted octanol–water partition coefficient (Wildman–Crippen LogP) is 6.74. The van der Waals surface area contributed by atoms with Gasteiger partial charge in [0.1, 0.15) is 6.23 Å². The van der Waals surface area contributed by atoms with Crippen molar-refractivity contribution in [1.29, 1.82) is 5.26 Å². The number of nitriles is 1. The van der Waals surface area contributed by atoms with Gasteiger partial charge in [0.25, 0.3) is 0 Å². The Hall–Kier alpha value is -3.92. The lowest BCUT2D eigenvalue weighted by molar-refractivity contribution is -0.137. The second-order valence-corrected chi connectivity index (χ2v) is 8.74. The Balaban J connectivity index is 1.92. The van der Waals surface area contributed by atoms with Gasteiger partial charge in [-0.2, -0.15) is 18.4 Å². The third kappa shape index (κ3) is 5.33. The van der Waals surface area contributed by atoms with E-state index in [0.29, 0.717) is 28.7 Å². The fourth-order valence-electron chi connectivity index (χ4n) is 4.53. The van der Waals surface area contributed by atoms with E-state index in [-0.39, 0.29) is 6.42 Å². The SMILES string of the molecule is C=C1CC=CC=C1C(Cc1ccccc1)(NC(O)c1ccc(C#N)cc1)c1cccc(C(F)(F)F)c1. The normalized spacial score (nSPS) is 16.1. The molecule has 4 rings (SSSR count). The Morgan fingerprint density at radius 2 is 1.67 bits per heavy atom. The van der Waals surface area contributed by atoms with Crippen LogP contribution in [-0.4, -0.2) is 5.11 Å². The number of benzene rings is 3. The van der Waals surface area contributed by atoms with Crippen molar-refractivity contribution in [1.82, 2.24) is 5.32 Å². The van der Waals surface area contributed by atoms with Crippen LogP contribution in [0.15, 0.2) is 115 Å². The molecule has 0 aliphatic heterocycles. The summed E-state index contributed by atoms with van der Waals surface area (Å²) < 4.78 is 41.3. The van der Waals surface area contributed by atoms with Crippen molar-refractivity contribution in [3.05, 3.63) is 143 Å². The summed E-state index contributed by atoms with van der Waals surface area (Å²) in [5.74, 6) is 0. The topological polar surface area (TPSA) is 56.0 Å². The third-order valence-electron chi connectivity index (χ3n) is 6.34. The lowest BCUT2D eigenvalue weighted by Crippen LogP contribution is -2.48. The number of rotatable bonds is 7. The van der Waals surface area contributed by atoms with Gasteiger partial charge in [0, 0.05) is 0 Å². The van der Waals surface area contributed by atoms with E-state index in [9.17, 15) is 18.3 Å². The summed E-state index contributed by atoms with van der Waals surface area (Å²) in [6, 6.07) is 23.1. The van der Waals surface area contributed by atoms with Crippen LogP contribution in [0.25, 0.3) is 0 Å². The van der Waals surface area contributed by atoms with Gasteiger partial charge in [0.15, 0.2) is 0 Å². The summed E-state index contributed by atoms with van der Waals surface area (Å²) in [7, 11) is 0. The summed E-state index contributed by atoms with van der Waals surface area (Å²) >= 11 is 0. The largest absolute Gasteiger partial charge is 0.416 e. The molecular formula is C30H25F3N2O. The van der Waals surface area contributed by atoms with Gasteiger partial charge in [-0.25, -0.2) is 0 Å². The van der Waals surface area contributed by atoms with E-state index < -0.39 is 23.5 Å². The number of nitrogens with zero attached hydrogens (tertiary/aromatic N) is 1. The Kier molecular flexibility index (Phi) is 7.25. The quantitative estimate of drug-likeness (QED) is 0.364. The molecule has 0 fully saturated rings. The highest BCUT2D eigenvalue weighted by Crippen LogP contribution is 2.42. The van der Waals surface area contributed by atoms with E-state index in [4.69, 9.17) is 5.26 Å². The molecule has 2 atom stereocenters. The monoisotopic (exact) mass is 486 g/mol. The van der Waals surface area contributed by atoms with Gasteiger partial charge in [-0.15, -0.1) is 0 Å². The van der Waals surface area contributed by atoms with Crippen LogP contribution in [0, 0.1) is 11.3 Å². The molecule has 3 nitrogen and oxygen atoms in total. The number of aliphatic hydroxyl groups excluding tert-OH is 1. The molecule has 0 spiro atoms. The summed E-state index contributed by atoms with van der Waals surface area (Å²) in [6.45, 7) is 4.20. The van der Waals surface area contributed by atoms with Gasteiger partial charge in [0.05, 0.1) is 22.7 Å². The lowest BCUT2D eigenvalue weighted by atomic mass is 9.72. The first-order chi connectivity index (χ1) is 17.2. The average Bonchev–Trinajstić information content (AvgIpc) is 2.89. The maximum Gasteiger partial charge on any atom is 0.416 e. The minimum atomic E-state index is -4.53. The standard InChI is InChI=1S/C30H25F3N2O/c1-21-8-5-6-13-27(21)29(19-22-9-3-2-4-10-22,25-11-7-12-26(18-25)30(31,32)33)35-28(36)24-16-14-23(20-34)15-17-24/h2-7,9-18,28,35-36H,1,8,19H2. The molecule has 1 aliphatic rings. The van der Waals surface area contributed by atoms with E-state index in [1.165, 1.54) is 6.07 Å². The molecule has 0 aromatic heterocycles. The van der Waals surface area contributed by atoms with Crippen molar-refractivity contribution in [3.63, 3.8) is 0 Å². The number of aliphatic hydroxyl groups is 1. The number of hydrogen-bond donors (Lipinski definition) is 2. The fraction of sp³-hybridized carbons (Fsp3) is 0.167. The number of halogens is 3. The molecule has 0 radical (unpaired) electrons. The molecule has 0 amide bonds. The number of alkyl halides is 3. The number of nitrogens with one attached hydrogen (secondary N) is 1. The van der Waals surface area contributed by atoms with Crippen LogP contribution < -0.4 is 5.32 Å². The van der Waals surface area contributed by atoms with E-state index in [2.05, 4.69) is 11.9 Å². The Morgan fingerprint density at radius 1 is 0.972 bits per heavy atom. The lowest BCUT2D eigenvalue weighted by Gasteiger charge is -2.41. The minimum Gasteiger partial charge on any atom is -0.374 e. The van der Waals surface area contributed by atoms with Crippen LogP contribution in [0.2, 0.25) is 0 Å². The van der Waals surface area contributed by atoms with E-state index in [1.54, 1.807) is 30.3 Å². The smallest absolute Gasteiger partial charge is 0.374 e. The van der Waals surface area contributed by atoms with Gasteiger partial charge < -0.3 is 5.11 Å². The van der Waals surface area contributed by atoms with E-state index in [0.717, 1.165) is 23.3 Å². The highest BCUT2D eigenvalue weighted by molar-refractivity contribution is 5.52. The molecule has 0 saturated heterocycles.